The number of fused-ring (bicyclic) bond motifs is 2. The summed E-state index contributed by atoms with van der Waals surface area (Å²) >= 11 is 0. The lowest BCUT2D eigenvalue weighted by atomic mass is 9.90. The summed E-state index contributed by atoms with van der Waals surface area (Å²) in [5.74, 6) is -8.21. The van der Waals surface area contributed by atoms with Gasteiger partial charge in [0, 0.05) is 29.5 Å². The number of rotatable bonds is 5. The van der Waals surface area contributed by atoms with Crippen molar-refractivity contribution in [2.45, 2.75) is 50.6 Å². The molecule has 2 aromatic rings. The predicted molar refractivity (Wildman–Crippen MR) is 111 cm³/mol. The summed E-state index contributed by atoms with van der Waals surface area (Å²) in [7, 11) is 0. The standard InChI is InChI=1S/C23H22F3N3O4/c1-12-8-15(2-5-18(12)24)28-20(30)13-6-7-27-19(11-13)23(25,26)22(33)29-16-3-4-17(29)10-14(9-16)21(31)32/h2,5-8,11,14,16-17H,3-4,9-10H2,1H3,(H,28,30)(H,31,32)/t14-,16-,17?/m1/s1. The quantitative estimate of drug-likeness (QED) is 0.707. The van der Waals surface area contributed by atoms with E-state index in [-0.39, 0.29) is 24.1 Å². The Kier molecular flexibility index (Phi) is 5.85. The Hall–Kier alpha value is -3.43. The van der Waals surface area contributed by atoms with Crippen LogP contribution in [0, 0.1) is 18.7 Å². The fourth-order valence-corrected chi connectivity index (χ4v) is 4.65. The van der Waals surface area contributed by atoms with Crippen molar-refractivity contribution in [3.63, 3.8) is 0 Å². The molecule has 174 valence electrons. The number of amides is 2. The molecule has 3 heterocycles. The molecule has 2 bridgehead atoms. The number of carboxylic acid groups (broad SMARTS) is 1. The number of carbonyl (C=O) groups excluding carboxylic acids is 2. The highest BCUT2D eigenvalue weighted by Crippen LogP contribution is 2.42. The van der Waals surface area contributed by atoms with Crippen molar-refractivity contribution in [1.29, 1.82) is 0 Å². The van der Waals surface area contributed by atoms with E-state index in [4.69, 9.17) is 0 Å². The van der Waals surface area contributed by atoms with E-state index in [0.717, 1.165) is 17.2 Å². The zero-order chi connectivity index (χ0) is 23.9. The van der Waals surface area contributed by atoms with Gasteiger partial charge in [-0.05, 0) is 68.5 Å². The van der Waals surface area contributed by atoms with E-state index in [9.17, 15) is 23.9 Å². The Bertz CT molecular complexity index is 1110. The van der Waals surface area contributed by atoms with Gasteiger partial charge in [-0.25, -0.2) is 4.39 Å². The molecular weight excluding hydrogens is 439 g/mol. The van der Waals surface area contributed by atoms with Gasteiger partial charge in [0.05, 0.1) is 5.92 Å². The van der Waals surface area contributed by atoms with Crippen LogP contribution < -0.4 is 5.32 Å². The second-order valence-corrected chi connectivity index (χ2v) is 8.53. The van der Waals surface area contributed by atoms with Crippen molar-refractivity contribution in [3.8, 4) is 0 Å². The number of nitrogens with one attached hydrogen (secondary N) is 1. The third kappa shape index (κ3) is 4.29. The van der Waals surface area contributed by atoms with E-state index in [1.54, 1.807) is 0 Å². The number of carbonyl (C=O) groups is 3. The molecule has 0 radical (unpaired) electrons. The van der Waals surface area contributed by atoms with E-state index in [0.29, 0.717) is 18.4 Å². The van der Waals surface area contributed by atoms with E-state index in [1.807, 2.05) is 0 Å². The first-order chi connectivity index (χ1) is 15.6. The summed E-state index contributed by atoms with van der Waals surface area (Å²) in [4.78, 5) is 41.5. The van der Waals surface area contributed by atoms with Crippen LogP contribution >= 0.6 is 0 Å². The third-order valence-corrected chi connectivity index (χ3v) is 6.35. The third-order valence-electron chi connectivity index (χ3n) is 6.35. The number of carboxylic acids is 1. The number of aromatic nitrogens is 1. The van der Waals surface area contributed by atoms with Crippen LogP contribution in [0.2, 0.25) is 0 Å². The molecule has 0 saturated carbocycles. The highest BCUT2D eigenvalue weighted by atomic mass is 19.3. The van der Waals surface area contributed by atoms with Crippen LogP contribution in [0.1, 0.15) is 47.3 Å². The minimum absolute atomic E-state index is 0.137. The second-order valence-electron chi connectivity index (χ2n) is 8.53. The van der Waals surface area contributed by atoms with Crippen LogP contribution in [0.5, 0.6) is 0 Å². The molecule has 1 aromatic heterocycles. The SMILES string of the molecule is Cc1cc(NC(=O)c2ccnc(C(F)(F)C(=O)N3C4CC[C@@H]3C[C@@H](C(=O)O)C4)c2)ccc1F. The monoisotopic (exact) mass is 461 g/mol. The number of hydrogen-bond acceptors (Lipinski definition) is 4. The van der Waals surface area contributed by atoms with E-state index in [1.165, 1.54) is 31.2 Å². The minimum atomic E-state index is -3.99. The maximum absolute atomic E-state index is 15.2. The van der Waals surface area contributed by atoms with Crippen LogP contribution in [-0.2, 0) is 15.5 Å². The first kappa shape index (κ1) is 22.8. The van der Waals surface area contributed by atoms with Crippen molar-refractivity contribution >= 4 is 23.5 Å². The molecule has 1 unspecified atom stereocenters. The molecule has 2 aliphatic heterocycles. The molecule has 7 nitrogen and oxygen atoms in total. The number of piperidine rings is 1. The van der Waals surface area contributed by atoms with Gasteiger partial charge in [0.15, 0.2) is 0 Å². The summed E-state index contributed by atoms with van der Waals surface area (Å²) in [5, 5.41) is 11.8. The van der Waals surface area contributed by atoms with Crippen LogP contribution in [0.15, 0.2) is 36.5 Å². The van der Waals surface area contributed by atoms with E-state index in [2.05, 4.69) is 10.3 Å². The average Bonchev–Trinajstić information content (AvgIpc) is 3.04. The largest absolute Gasteiger partial charge is 0.481 e. The molecule has 1 aromatic carbocycles. The molecule has 33 heavy (non-hydrogen) atoms. The molecule has 2 saturated heterocycles. The van der Waals surface area contributed by atoms with Crippen LogP contribution in [0.4, 0.5) is 18.9 Å². The summed E-state index contributed by atoms with van der Waals surface area (Å²) < 4.78 is 43.8. The molecule has 2 amide bonds. The minimum Gasteiger partial charge on any atom is -0.481 e. The smallest absolute Gasteiger partial charge is 0.366 e. The predicted octanol–water partition coefficient (Wildman–Crippen LogP) is 3.73. The van der Waals surface area contributed by atoms with Crippen molar-refractivity contribution in [2.75, 3.05) is 5.32 Å². The summed E-state index contributed by atoms with van der Waals surface area (Å²) in [5.41, 5.74) is -0.406. The molecule has 10 heteroatoms. The number of nitrogens with zero attached hydrogens (tertiary/aromatic N) is 2. The van der Waals surface area contributed by atoms with Gasteiger partial charge in [-0.2, -0.15) is 8.78 Å². The lowest BCUT2D eigenvalue weighted by molar-refractivity contribution is -0.167. The van der Waals surface area contributed by atoms with Crippen molar-refractivity contribution in [2.24, 2.45) is 5.92 Å². The maximum Gasteiger partial charge on any atom is 0.366 e. The molecule has 0 aliphatic carbocycles. The maximum atomic E-state index is 15.2. The Labute approximate surface area is 187 Å². The lowest BCUT2D eigenvalue weighted by Crippen LogP contribution is -2.52. The van der Waals surface area contributed by atoms with Crippen LogP contribution in [0.3, 0.4) is 0 Å². The normalized spacial score (nSPS) is 22.2. The van der Waals surface area contributed by atoms with Gasteiger partial charge in [0.2, 0.25) is 0 Å². The summed E-state index contributed by atoms with van der Waals surface area (Å²) in [6.45, 7) is 1.52. The van der Waals surface area contributed by atoms with Gasteiger partial charge < -0.3 is 15.3 Å². The fourth-order valence-electron chi connectivity index (χ4n) is 4.65. The number of hydrogen-bond donors (Lipinski definition) is 2. The van der Waals surface area contributed by atoms with E-state index < -0.39 is 53.2 Å². The molecule has 0 spiro atoms. The first-order valence-electron chi connectivity index (χ1n) is 10.6. The zero-order valence-corrected chi connectivity index (χ0v) is 17.7. The van der Waals surface area contributed by atoms with Gasteiger partial charge in [0.1, 0.15) is 11.5 Å². The molecule has 2 fully saturated rings. The topological polar surface area (TPSA) is 99.6 Å². The van der Waals surface area contributed by atoms with Crippen molar-refractivity contribution in [3.05, 3.63) is 59.2 Å². The highest BCUT2D eigenvalue weighted by Gasteiger charge is 2.53. The number of aliphatic carboxylic acids is 1. The van der Waals surface area contributed by atoms with Gasteiger partial charge >= 0.3 is 11.9 Å². The number of pyridine rings is 1. The molecular formula is C23H22F3N3O4. The lowest BCUT2D eigenvalue weighted by Gasteiger charge is -2.39. The van der Waals surface area contributed by atoms with Gasteiger partial charge in [0.25, 0.3) is 11.8 Å². The first-order valence-corrected chi connectivity index (χ1v) is 10.6. The zero-order valence-electron chi connectivity index (χ0n) is 17.7. The van der Waals surface area contributed by atoms with E-state index >= 15 is 8.78 Å². The molecule has 2 aliphatic rings. The van der Waals surface area contributed by atoms with Crippen molar-refractivity contribution < 1.29 is 32.7 Å². The van der Waals surface area contributed by atoms with Crippen LogP contribution in [-0.4, -0.2) is 44.9 Å². The fraction of sp³-hybridized carbons (Fsp3) is 0.391. The molecule has 4 rings (SSSR count). The Morgan fingerprint density at radius 3 is 2.39 bits per heavy atom. The molecule has 3 atom stereocenters. The van der Waals surface area contributed by atoms with Crippen LogP contribution in [0.25, 0.3) is 0 Å². The average molecular weight is 461 g/mol. The number of anilines is 1. The van der Waals surface area contributed by atoms with Gasteiger partial charge in [-0.3, -0.25) is 19.4 Å². The van der Waals surface area contributed by atoms with Gasteiger partial charge in [-0.15, -0.1) is 0 Å². The number of halogens is 3. The van der Waals surface area contributed by atoms with Gasteiger partial charge in [-0.1, -0.05) is 0 Å². The number of alkyl halides is 2. The summed E-state index contributed by atoms with van der Waals surface area (Å²) in [6, 6.07) is 4.90. The Morgan fingerprint density at radius 1 is 1.12 bits per heavy atom. The molecule has 2 N–H and O–H groups in total. The van der Waals surface area contributed by atoms with Crippen molar-refractivity contribution in [1.82, 2.24) is 9.88 Å². The Balaban J connectivity index is 1.53. The Morgan fingerprint density at radius 2 is 1.79 bits per heavy atom. The highest BCUT2D eigenvalue weighted by molar-refractivity contribution is 6.04. The number of benzene rings is 1. The number of aryl methyl sites for hydroxylation is 1. The second kappa shape index (κ2) is 8.49. The summed E-state index contributed by atoms with van der Waals surface area (Å²) in [6.07, 6.45) is 2.25.